The molecule has 97 heavy (non-hydrogen) atoms. The van der Waals surface area contributed by atoms with Gasteiger partial charge in [-0.1, -0.05) is 46.3 Å². The minimum absolute atomic E-state index is 0.0215. The molecule has 0 amide bonds. The molecule has 0 aromatic carbocycles. The second-order valence-electron chi connectivity index (χ2n) is 29.8. The number of Topliss-reactive ketones (excluding diaryl/α,β-unsaturated/α-hetero) is 1. The van der Waals surface area contributed by atoms with E-state index < -0.39 is 243 Å². The number of ketones is 1. The molecule has 10 aliphatic rings. The Labute approximate surface area is 562 Å². The number of rotatable bonds is 21. The van der Waals surface area contributed by atoms with Crippen molar-refractivity contribution in [2.45, 2.75) is 310 Å². The van der Waals surface area contributed by atoms with E-state index in [-0.39, 0.29) is 54.6 Å². The standard InChI is InChI=1S/C63H104O33S/c1-22(2)23(3)32(66)18-63(9,80)37-11-10-29-28-17-33(31-16-27(96-97(81,82)83)12-14-61(31,7)30(28)13-15-62(29,37)8)88-57-49(78)52(40(69)25(5)86-57)93-59-53(94-55-47(76)44(73)38(67)24(4)85-55)43(72)36(21-84-59)91-60-54(46(75)42(71)35(20-65)90-60)95-58-50(79)51(39(68)26(6)87-58)92-56-48(77)45(74)41(70)34(19-64)89-56/h13,22-29,31,33-60,64-65,67-80H,10-12,14-21H2,1-9H3,(H,81,82,83). The topological polar surface area (TPSA) is 515 Å². The maximum Gasteiger partial charge on any atom is 0.397 e. The van der Waals surface area contributed by atoms with Crippen molar-refractivity contribution in [3.8, 4) is 0 Å². The van der Waals surface area contributed by atoms with E-state index in [0.717, 1.165) is 5.57 Å². The van der Waals surface area contributed by atoms with Crippen molar-refractivity contribution in [3.63, 3.8) is 0 Å². The zero-order chi connectivity index (χ0) is 71.2. The fraction of sp³-hybridized carbons (Fsp3) is 0.952. The van der Waals surface area contributed by atoms with Crippen molar-refractivity contribution < 1.29 is 160 Å². The summed E-state index contributed by atoms with van der Waals surface area (Å²) in [5, 5.41) is 179. The first-order valence-corrected chi connectivity index (χ1v) is 35.2. The third kappa shape index (κ3) is 15.4. The van der Waals surface area contributed by atoms with E-state index in [1.54, 1.807) is 6.92 Å². The smallest absolute Gasteiger partial charge is 0.394 e. The minimum Gasteiger partial charge on any atom is -0.394 e. The molecule has 3 saturated carbocycles. The van der Waals surface area contributed by atoms with E-state index in [1.165, 1.54) is 20.8 Å². The minimum atomic E-state index is -4.92. The summed E-state index contributed by atoms with van der Waals surface area (Å²) in [5.41, 5.74) is -1.40. The Bertz CT molecular complexity index is 2790. The van der Waals surface area contributed by atoms with Gasteiger partial charge in [0.15, 0.2) is 37.7 Å². The van der Waals surface area contributed by atoms with Crippen LogP contribution in [0.1, 0.15) is 114 Å². The van der Waals surface area contributed by atoms with E-state index in [9.17, 15) is 99.5 Å². The van der Waals surface area contributed by atoms with E-state index >= 15 is 0 Å². The van der Waals surface area contributed by atoms with E-state index in [4.69, 9.17) is 61.0 Å². The van der Waals surface area contributed by atoms with Gasteiger partial charge in [0.25, 0.3) is 0 Å². The third-order valence-corrected chi connectivity index (χ3v) is 23.8. The predicted molar refractivity (Wildman–Crippen MR) is 323 cm³/mol. The Kier molecular flexibility index (Phi) is 24.3. The number of fused-ring (bicyclic) bond motifs is 5. The summed E-state index contributed by atoms with van der Waals surface area (Å²) in [6, 6.07) is 0. The highest BCUT2D eigenvalue weighted by molar-refractivity contribution is 7.80. The van der Waals surface area contributed by atoms with Crippen LogP contribution in [0.15, 0.2) is 11.6 Å². The average molecular weight is 1420 g/mol. The summed E-state index contributed by atoms with van der Waals surface area (Å²) in [4.78, 5) is 13.6. The van der Waals surface area contributed by atoms with E-state index in [1.807, 2.05) is 20.8 Å². The van der Waals surface area contributed by atoms with E-state index in [2.05, 4.69) is 19.9 Å². The molecule has 0 radical (unpaired) electrons. The Morgan fingerprint density at radius 2 is 1.05 bits per heavy atom. The highest BCUT2D eigenvalue weighted by Gasteiger charge is 2.64. The molecule has 4 aliphatic carbocycles. The Morgan fingerprint density at radius 1 is 0.567 bits per heavy atom. The van der Waals surface area contributed by atoms with Crippen molar-refractivity contribution >= 4 is 16.2 Å². The molecule has 0 aromatic rings. The lowest BCUT2D eigenvalue weighted by Gasteiger charge is -2.60. The molecule has 33 nitrogen and oxygen atoms in total. The van der Waals surface area contributed by atoms with Crippen molar-refractivity contribution in [1.29, 1.82) is 0 Å². The third-order valence-electron chi connectivity index (χ3n) is 23.3. The molecule has 6 saturated heterocycles. The highest BCUT2D eigenvalue weighted by Crippen LogP contribution is 2.67. The van der Waals surface area contributed by atoms with Crippen LogP contribution in [-0.2, 0) is 76.2 Å². The molecule has 34 heteroatoms. The van der Waals surface area contributed by atoms with Crippen LogP contribution in [0, 0.1) is 46.3 Å². The van der Waals surface area contributed by atoms with Gasteiger partial charge in [-0.15, -0.1) is 0 Å². The second kappa shape index (κ2) is 30.3. The highest BCUT2D eigenvalue weighted by atomic mass is 32.3. The quantitative estimate of drug-likeness (QED) is 0.0380. The van der Waals surface area contributed by atoms with Gasteiger partial charge in [0.2, 0.25) is 0 Å². The lowest BCUT2D eigenvalue weighted by atomic mass is 9.47. The average Bonchev–Trinajstić information content (AvgIpc) is 1.68. The molecular formula is C63H104O33S. The molecular weight excluding hydrogens is 1320 g/mol. The van der Waals surface area contributed by atoms with E-state index in [0.29, 0.717) is 32.1 Å². The number of ether oxygens (including phenoxy) is 12. The van der Waals surface area contributed by atoms with Crippen LogP contribution < -0.4 is 0 Å². The van der Waals surface area contributed by atoms with Gasteiger partial charge in [0.1, 0.15) is 128 Å². The first kappa shape index (κ1) is 77.8. The number of aliphatic hydroxyl groups is 16. The SMILES string of the molecule is CC(C)C(C)C(=O)CC(C)(O)C1CCC2C3CC(OC4OC(C)C(O)C(OC5OCC(OC6OC(CO)C(O)C(O)C6OC6OC(C)C(O)C(OC7OC(CO)C(O)C(O)C7O)C6O)C(O)C5OC5OC(C)C(O)C(O)C5O)C4O)C4CC(OS(=O)(=O)O)CCC4(C)C3=CCC21C. The normalized spacial score (nSPS) is 51.5. The number of aliphatic hydroxyl groups excluding tert-OH is 15. The van der Waals surface area contributed by atoms with Crippen molar-refractivity contribution in [2.75, 3.05) is 19.8 Å². The van der Waals surface area contributed by atoms with Gasteiger partial charge in [-0.3, -0.25) is 9.35 Å². The Morgan fingerprint density at radius 3 is 1.62 bits per heavy atom. The number of hydrogen-bond acceptors (Lipinski definition) is 32. The monoisotopic (exact) mass is 1420 g/mol. The fourth-order valence-electron chi connectivity index (χ4n) is 17.2. The molecule has 10 rings (SSSR count). The van der Waals surface area contributed by atoms with Crippen molar-refractivity contribution in [3.05, 3.63) is 11.6 Å². The molecule has 39 unspecified atom stereocenters. The molecule has 9 fully saturated rings. The zero-order valence-electron chi connectivity index (χ0n) is 55.8. The van der Waals surface area contributed by atoms with Crippen LogP contribution in [0.4, 0.5) is 0 Å². The predicted octanol–water partition coefficient (Wildman–Crippen LogP) is -4.61. The summed E-state index contributed by atoms with van der Waals surface area (Å²) in [6.07, 6.45) is -49.0. The van der Waals surface area contributed by atoms with Crippen LogP contribution in [0.5, 0.6) is 0 Å². The van der Waals surface area contributed by atoms with Crippen LogP contribution in [0.3, 0.4) is 0 Å². The number of hydrogen-bond donors (Lipinski definition) is 17. The first-order valence-electron chi connectivity index (χ1n) is 33.9. The van der Waals surface area contributed by atoms with Crippen molar-refractivity contribution in [1.82, 2.24) is 0 Å². The molecule has 560 valence electrons. The van der Waals surface area contributed by atoms with Crippen molar-refractivity contribution in [2.24, 2.45) is 46.3 Å². The first-order chi connectivity index (χ1) is 45.3. The van der Waals surface area contributed by atoms with Crippen LogP contribution in [0.2, 0.25) is 0 Å². The Hall–Kier alpha value is -1.84. The number of carbonyl (C=O) groups is 1. The van der Waals surface area contributed by atoms with Gasteiger partial charge in [-0.05, 0) is 113 Å². The molecule has 6 heterocycles. The lowest BCUT2D eigenvalue weighted by molar-refractivity contribution is -0.402. The van der Waals surface area contributed by atoms with Crippen LogP contribution in [0.25, 0.3) is 0 Å². The summed E-state index contributed by atoms with van der Waals surface area (Å²) >= 11 is 0. The molecule has 0 bridgehead atoms. The number of carbonyl (C=O) groups excluding carboxylic acids is 1. The van der Waals surface area contributed by atoms with Crippen LogP contribution >= 0.6 is 0 Å². The van der Waals surface area contributed by atoms with Gasteiger partial charge < -0.3 is 139 Å². The molecule has 17 N–H and O–H groups in total. The largest absolute Gasteiger partial charge is 0.397 e. The van der Waals surface area contributed by atoms with Gasteiger partial charge in [-0.25, -0.2) is 4.18 Å². The fourth-order valence-corrected chi connectivity index (χ4v) is 17.7. The van der Waals surface area contributed by atoms with Crippen LogP contribution in [-0.4, -0.2) is 316 Å². The second-order valence-corrected chi connectivity index (χ2v) is 30.9. The molecule has 0 aromatic heterocycles. The maximum atomic E-state index is 13.6. The molecule has 6 aliphatic heterocycles. The number of allylic oxidation sites excluding steroid dienone is 2. The Balaban J connectivity index is 0.904. The summed E-state index contributed by atoms with van der Waals surface area (Å²) < 4.78 is 113. The van der Waals surface area contributed by atoms with Gasteiger partial charge >= 0.3 is 10.4 Å². The maximum absolute atomic E-state index is 13.6. The lowest BCUT2D eigenvalue weighted by Crippen LogP contribution is -2.67. The zero-order valence-corrected chi connectivity index (χ0v) is 56.6. The van der Waals surface area contributed by atoms with Gasteiger partial charge in [-0.2, -0.15) is 8.42 Å². The van der Waals surface area contributed by atoms with Gasteiger partial charge in [0.05, 0.1) is 55.9 Å². The molecule has 39 atom stereocenters. The van der Waals surface area contributed by atoms with Gasteiger partial charge in [0, 0.05) is 12.3 Å². The summed E-state index contributed by atoms with van der Waals surface area (Å²) in [6.45, 7) is 13.3. The summed E-state index contributed by atoms with van der Waals surface area (Å²) in [5.74, 6) is -1.27. The molecule has 0 spiro atoms. The summed E-state index contributed by atoms with van der Waals surface area (Å²) in [7, 11) is -4.92.